The van der Waals surface area contributed by atoms with Crippen LogP contribution in [0.2, 0.25) is 0 Å². The van der Waals surface area contributed by atoms with Gasteiger partial charge >= 0.3 is 0 Å². The Balaban J connectivity index is 1.70. The van der Waals surface area contributed by atoms with Gasteiger partial charge in [0.2, 0.25) is 5.91 Å². The Bertz CT molecular complexity index is 373. The van der Waals surface area contributed by atoms with E-state index in [4.69, 9.17) is 5.73 Å². The highest BCUT2D eigenvalue weighted by Crippen LogP contribution is 2.48. The predicted octanol–water partition coefficient (Wildman–Crippen LogP) is 3.18. The molecule has 0 aromatic rings. The van der Waals surface area contributed by atoms with Gasteiger partial charge in [-0.05, 0) is 56.3 Å². The fourth-order valence-corrected chi connectivity index (χ4v) is 4.98. The lowest BCUT2D eigenvalue weighted by Crippen LogP contribution is -2.50. The Hall–Kier alpha value is -0.570. The minimum atomic E-state index is 0.136. The molecular formula is C18H32N2O. The Morgan fingerprint density at radius 2 is 1.81 bits per heavy atom. The molecule has 3 rings (SSSR count). The summed E-state index contributed by atoms with van der Waals surface area (Å²) in [5.41, 5.74) is 6.41. The molecule has 0 radical (unpaired) electrons. The summed E-state index contributed by atoms with van der Waals surface area (Å²) in [4.78, 5) is 15.4. The first-order valence-corrected chi connectivity index (χ1v) is 9.14. The van der Waals surface area contributed by atoms with Crippen molar-refractivity contribution in [3.63, 3.8) is 0 Å². The summed E-state index contributed by atoms with van der Waals surface area (Å²) in [6, 6.07) is 0.641. The lowest BCUT2D eigenvalue weighted by Gasteiger charge is -2.36. The number of rotatable bonds is 5. The lowest BCUT2D eigenvalue weighted by molar-refractivity contribution is -0.140. The van der Waals surface area contributed by atoms with Gasteiger partial charge < -0.3 is 10.6 Å². The molecule has 0 aliphatic heterocycles. The van der Waals surface area contributed by atoms with Gasteiger partial charge in [-0.3, -0.25) is 4.79 Å². The van der Waals surface area contributed by atoms with E-state index in [0.29, 0.717) is 29.7 Å². The van der Waals surface area contributed by atoms with E-state index in [0.717, 1.165) is 13.0 Å². The third-order valence-corrected chi connectivity index (χ3v) is 6.26. The van der Waals surface area contributed by atoms with Gasteiger partial charge in [0.15, 0.2) is 0 Å². The van der Waals surface area contributed by atoms with Crippen LogP contribution < -0.4 is 5.73 Å². The van der Waals surface area contributed by atoms with Crippen LogP contribution in [0.15, 0.2) is 0 Å². The zero-order chi connectivity index (χ0) is 15.0. The molecule has 3 aliphatic rings. The maximum absolute atomic E-state index is 13.2. The number of carbonyl (C=O) groups excluding carboxylic acids is 1. The summed E-state index contributed by atoms with van der Waals surface area (Å²) in [6.45, 7) is 5.45. The quantitative estimate of drug-likeness (QED) is 0.846. The lowest BCUT2D eigenvalue weighted by atomic mass is 9.83. The molecule has 0 saturated heterocycles. The molecule has 0 aromatic heterocycles. The number of nitrogens with zero attached hydrogens (tertiary/aromatic N) is 1. The van der Waals surface area contributed by atoms with E-state index in [-0.39, 0.29) is 12.0 Å². The van der Waals surface area contributed by atoms with E-state index in [2.05, 4.69) is 18.7 Å². The Morgan fingerprint density at radius 3 is 2.38 bits per heavy atom. The second-order valence-electron chi connectivity index (χ2n) is 8.09. The van der Waals surface area contributed by atoms with Crippen LogP contribution in [0.1, 0.15) is 65.2 Å². The monoisotopic (exact) mass is 292 g/mol. The molecule has 1 amide bonds. The van der Waals surface area contributed by atoms with Crippen molar-refractivity contribution in [2.45, 2.75) is 77.3 Å². The summed E-state index contributed by atoms with van der Waals surface area (Å²) in [6.07, 6.45) is 9.82. The van der Waals surface area contributed by atoms with Crippen LogP contribution in [-0.2, 0) is 4.79 Å². The molecular weight excluding hydrogens is 260 g/mol. The van der Waals surface area contributed by atoms with Gasteiger partial charge in [0.25, 0.3) is 0 Å². The SMILES string of the molecule is CC(C)CCN(C(=O)C1C2CCC(C2)C1N)C1CCCC1. The maximum Gasteiger partial charge on any atom is 0.227 e. The number of carbonyl (C=O) groups is 1. The molecule has 0 aromatic carbocycles. The van der Waals surface area contributed by atoms with E-state index in [1.54, 1.807) is 0 Å². The molecule has 4 unspecified atom stereocenters. The molecule has 120 valence electrons. The third-order valence-electron chi connectivity index (χ3n) is 6.26. The molecule has 0 spiro atoms. The zero-order valence-electron chi connectivity index (χ0n) is 13.8. The van der Waals surface area contributed by atoms with Gasteiger partial charge in [0.05, 0.1) is 5.92 Å². The highest BCUT2D eigenvalue weighted by atomic mass is 16.2. The van der Waals surface area contributed by atoms with Crippen molar-refractivity contribution in [3.8, 4) is 0 Å². The minimum Gasteiger partial charge on any atom is -0.339 e. The number of amides is 1. The standard InChI is InChI=1S/C18H32N2O/c1-12(2)9-10-20(15-5-3-4-6-15)18(21)16-13-7-8-14(11-13)17(16)19/h12-17H,3-11,19H2,1-2H3. The van der Waals surface area contributed by atoms with Crippen LogP contribution in [0, 0.1) is 23.7 Å². The van der Waals surface area contributed by atoms with Crippen molar-refractivity contribution >= 4 is 5.91 Å². The molecule has 3 nitrogen and oxygen atoms in total. The Labute approximate surface area is 129 Å². The van der Waals surface area contributed by atoms with E-state index < -0.39 is 0 Å². The van der Waals surface area contributed by atoms with Crippen LogP contribution in [0.5, 0.6) is 0 Å². The molecule has 3 fully saturated rings. The van der Waals surface area contributed by atoms with Gasteiger partial charge in [0.1, 0.15) is 0 Å². The zero-order valence-corrected chi connectivity index (χ0v) is 13.8. The summed E-state index contributed by atoms with van der Waals surface area (Å²) in [5.74, 6) is 2.41. The first kappa shape index (κ1) is 15.3. The maximum atomic E-state index is 13.2. The largest absolute Gasteiger partial charge is 0.339 e. The summed E-state index contributed by atoms with van der Waals surface area (Å²) in [7, 11) is 0. The Kier molecular flexibility index (Phi) is 4.58. The summed E-state index contributed by atoms with van der Waals surface area (Å²) >= 11 is 0. The van der Waals surface area contributed by atoms with E-state index in [1.807, 2.05) is 0 Å². The fourth-order valence-electron chi connectivity index (χ4n) is 4.98. The van der Waals surface area contributed by atoms with Crippen LogP contribution in [0.25, 0.3) is 0 Å². The third kappa shape index (κ3) is 2.99. The normalized spacial score (nSPS) is 35.8. The second-order valence-corrected chi connectivity index (χ2v) is 8.09. The van der Waals surface area contributed by atoms with Crippen molar-refractivity contribution in [1.29, 1.82) is 0 Å². The van der Waals surface area contributed by atoms with Crippen molar-refractivity contribution in [1.82, 2.24) is 4.90 Å². The number of hydrogen-bond donors (Lipinski definition) is 1. The highest BCUT2D eigenvalue weighted by Gasteiger charge is 2.50. The number of fused-ring (bicyclic) bond motifs is 2. The fraction of sp³-hybridized carbons (Fsp3) is 0.944. The van der Waals surface area contributed by atoms with Crippen LogP contribution in [0.3, 0.4) is 0 Å². The Morgan fingerprint density at radius 1 is 1.14 bits per heavy atom. The van der Waals surface area contributed by atoms with Gasteiger partial charge in [-0.2, -0.15) is 0 Å². The molecule has 21 heavy (non-hydrogen) atoms. The highest BCUT2D eigenvalue weighted by molar-refractivity contribution is 5.81. The minimum absolute atomic E-state index is 0.136. The van der Waals surface area contributed by atoms with Crippen molar-refractivity contribution in [2.24, 2.45) is 29.4 Å². The summed E-state index contributed by atoms with van der Waals surface area (Å²) < 4.78 is 0. The van der Waals surface area contributed by atoms with E-state index >= 15 is 0 Å². The first-order chi connectivity index (χ1) is 10.1. The van der Waals surface area contributed by atoms with E-state index in [9.17, 15) is 4.79 Å². The average molecular weight is 292 g/mol. The second kappa shape index (κ2) is 6.28. The molecule has 2 bridgehead atoms. The summed E-state index contributed by atoms with van der Waals surface area (Å²) in [5, 5.41) is 0. The predicted molar refractivity (Wildman–Crippen MR) is 85.7 cm³/mol. The van der Waals surface area contributed by atoms with Crippen molar-refractivity contribution < 1.29 is 4.79 Å². The van der Waals surface area contributed by atoms with Crippen LogP contribution >= 0.6 is 0 Å². The molecule has 3 heteroatoms. The van der Waals surface area contributed by atoms with Gasteiger partial charge in [-0.1, -0.05) is 26.7 Å². The molecule has 2 N–H and O–H groups in total. The van der Waals surface area contributed by atoms with E-state index in [1.165, 1.54) is 44.9 Å². The molecule has 4 atom stereocenters. The molecule has 0 heterocycles. The molecule has 3 aliphatic carbocycles. The van der Waals surface area contributed by atoms with Gasteiger partial charge in [-0.25, -0.2) is 0 Å². The first-order valence-electron chi connectivity index (χ1n) is 9.14. The van der Waals surface area contributed by atoms with Crippen LogP contribution in [0.4, 0.5) is 0 Å². The molecule has 3 saturated carbocycles. The van der Waals surface area contributed by atoms with Gasteiger partial charge in [-0.15, -0.1) is 0 Å². The van der Waals surface area contributed by atoms with Crippen molar-refractivity contribution in [2.75, 3.05) is 6.54 Å². The number of hydrogen-bond acceptors (Lipinski definition) is 2. The van der Waals surface area contributed by atoms with Gasteiger partial charge in [0, 0.05) is 18.6 Å². The smallest absolute Gasteiger partial charge is 0.227 e. The average Bonchev–Trinajstić information content (AvgIpc) is 3.14. The van der Waals surface area contributed by atoms with Crippen molar-refractivity contribution in [3.05, 3.63) is 0 Å². The van der Waals surface area contributed by atoms with Crippen LogP contribution in [-0.4, -0.2) is 29.4 Å². The topological polar surface area (TPSA) is 46.3 Å². The number of nitrogens with two attached hydrogens (primary N) is 1.